The molecule has 1 fully saturated rings. The van der Waals surface area contributed by atoms with E-state index in [1.807, 2.05) is 36.4 Å². The first kappa shape index (κ1) is 23.8. The van der Waals surface area contributed by atoms with E-state index in [9.17, 15) is 14.4 Å². The summed E-state index contributed by atoms with van der Waals surface area (Å²) in [4.78, 5) is 40.7. The van der Waals surface area contributed by atoms with Gasteiger partial charge in [0.25, 0.3) is 5.91 Å². The minimum atomic E-state index is -0.908. The van der Waals surface area contributed by atoms with Crippen LogP contribution in [0.5, 0.6) is 11.5 Å². The van der Waals surface area contributed by atoms with Crippen molar-refractivity contribution in [1.29, 1.82) is 0 Å². The molecule has 0 spiro atoms. The number of nitrogens with zero attached hydrogens (tertiary/aromatic N) is 1. The fourth-order valence-electron chi connectivity index (χ4n) is 4.07. The van der Waals surface area contributed by atoms with Crippen molar-refractivity contribution in [2.75, 3.05) is 31.0 Å². The van der Waals surface area contributed by atoms with E-state index in [0.29, 0.717) is 28.4 Å². The Kier molecular flexibility index (Phi) is 7.30. The average Bonchev–Trinajstić information content (AvgIpc) is 3.29. The lowest BCUT2D eigenvalue weighted by molar-refractivity contribution is -0.129. The van der Waals surface area contributed by atoms with Gasteiger partial charge in [-0.25, -0.2) is 0 Å². The molecule has 2 unspecified atom stereocenters. The molecule has 1 aliphatic rings. The van der Waals surface area contributed by atoms with Crippen LogP contribution in [0.1, 0.15) is 18.0 Å². The summed E-state index contributed by atoms with van der Waals surface area (Å²) in [6, 6.07) is 22.3. The number of anilines is 2. The van der Waals surface area contributed by atoms with Gasteiger partial charge in [0, 0.05) is 30.4 Å². The van der Waals surface area contributed by atoms with E-state index in [-0.39, 0.29) is 30.7 Å². The minimum absolute atomic E-state index is 0.0436. The van der Waals surface area contributed by atoms with Gasteiger partial charge in [0.05, 0.1) is 20.1 Å². The van der Waals surface area contributed by atoms with Gasteiger partial charge in [-0.05, 0) is 29.8 Å². The number of carbonyl (C=O) groups excluding carboxylic acids is 3. The maximum Gasteiger partial charge on any atom is 0.251 e. The molecular weight excluding hydrogens is 446 g/mol. The maximum absolute atomic E-state index is 13.2. The number of rotatable bonds is 8. The first-order valence-corrected chi connectivity index (χ1v) is 11.2. The molecule has 3 amide bonds. The largest absolute Gasteiger partial charge is 0.493 e. The van der Waals surface area contributed by atoms with E-state index in [0.717, 1.165) is 0 Å². The fourth-order valence-corrected chi connectivity index (χ4v) is 4.07. The molecule has 0 radical (unpaired) electrons. The number of hydrogen-bond acceptors (Lipinski definition) is 5. The first-order chi connectivity index (χ1) is 17.0. The number of nitrogens with one attached hydrogen (secondary N) is 2. The van der Waals surface area contributed by atoms with E-state index in [1.54, 1.807) is 47.4 Å². The molecule has 3 aromatic rings. The summed E-state index contributed by atoms with van der Waals surface area (Å²) in [5.74, 6) is -0.469. The van der Waals surface area contributed by atoms with Crippen LogP contribution in [0.3, 0.4) is 0 Å². The van der Waals surface area contributed by atoms with E-state index in [4.69, 9.17) is 9.47 Å². The van der Waals surface area contributed by atoms with Crippen LogP contribution in [0.2, 0.25) is 0 Å². The highest BCUT2D eigenvalue weighted by Gasteiger charge is 2.37. The lowest BCUT2D eigenvalue weighted by Gasteiger charge is -2.21. The second-order valence-corrected chi connectivity index (χ2v) is 8.15. The Hall–Kier alpha value is -4.33. The number of ether oxygens (including phenoxy) is 2. The van der Waals surface area contributed by atoms with Crippen LogP contribution in [0.4, 0.5) is 11.4 Å². The highest BCUT2D eigenvalue weighted by Crippen LogP contribution is 2.34. The molecule has 35 heavy (non-hydrogen) atoms. The van der Waals surface area contributed by atoms with E-state index in [2.05, 4.69) is 10.6 Å². The average molecular weight is 474 g/mol. The summed E-state index contributed by atoms with van der Waals surface area (Å²) in [5, 5.41) is 5.70. The van der Waals surface area contributed by atoms with Crippen LogP contribution in [0, 0.1) is 5.92 Å². The van der Waals surface area contributed by atoms with Crippen molar-refractivity contribution in [3.63, 3.8) is 0 Å². The number of carbonyl (C=O) groups is 3. The van der Waals surface area contributed by atoms with Gasteiger partial charge < -0.3 is 25.0 Å². The molecule has 1 heterocycles. The molecule has 2 atom stereocenters. The minimum Gasteiger partial charge on any atom is -0.493 e. The number of methoxy groups -OCH3 is 2. The third-order valence-electron chi connectivity index (χ3n) is 5.90. The van der Waals surface area contributed by atoms with Crippen LogP contribution in [0.25, 0.3) is 0 Å². The molecule has 1 aliphatic heterocycles. The lowest BCUT2D eigenvalue weighted by Crippen LogP contribution is -2.40. The molecule has 0 aromatic heterocycles. The summed E-state index contributed by atoms with van der Waals surface area (Å²) in [5.41, 5.74) is 1.89. The second-order valence-electron chi connectivity index (χ2n) is 8.15. The zero-order valence-electron chi connectivity index (χ0n) is 19.6. The van der Waals surface area contributed by atoms with Crippen LogP contribution in [-0.2, 0) is 14.4 Å². The quantitative estimate of drug-likeness (QED) is 0.522. The number of amides is 3. The Balaban J connectivity index is 1.50. The smallest absolute Gasteiger partial charge is 0.251 e. The van der Waals surface area contributed by atoms with Crippen LogP contribution in [0.15, 0.2) is 78.9 Å². The Morgan fingerprint density at radius 2 is 1.57 bits per heavy atom. The van der Waals surface area contributed by atoms with Gasteiger partial charge in [-0.3, -0.25) is 14.4 Å². The van der Waals surface area contributed by atoms with E-state index < -0.39 is 12.0 Å². The molecule has 180 valence electrons. The van der Waals surface area contributed by atoms with Gasteiger partial charge in [-0.15, -0.1) is 0 Å². The summed E-state index contributed by atoms with van der Waals surface area (Å²) in [6.45, 7) is 0.196. The Morgan fingerprint density at radius 3 is 2.23 bits per heavy atom. The van der Waals surface area contributed by atoms with Crippen LogP contribution >= 0.6 is 0 Å². The van der Waals surface area contributed by atoms with Crippen molar-refractivity contribution in [3.8, 4) is 11.5 Å². The van der Waals surface area contributed by atoms with Gasteiger partial charge in [0.1, 0.15) is 6.04 Å². The lowest BCUT2D eigenvalue weighted by atomic mass is 10.0. The topological polar surface area (TPSA) is 97.0 Å². The second kappa shape index (κ2) is 10.7. The molecule has 2 N–H and O–H groups in total. The van der Waals surface area contributed by atoms with Crippen molar-refractivity contribution in [2.45, 2.75) is 12.5 Å². The molecular formula is C27H27N3O5. The molecule has 0 saturated carbocycles. The summed E-state index contributed by atoms with van der Waals surface area (Å²) < 4.78 is 10.6. The molecule has 0 bridgehead atoms. The SMILES string of the molecule is COc1ccc(N2CC(C(=O)NC(C(=O)Nc3ccccc3)c3ccccc3)CC2=O)cc1OC. The van der Waals surface area contributed by atoms with Gasteiger partial charge in [0.15, 0.2) is 11.5 Å². The highest BCUT2D eigenvalue weighted by molar-refractivity contribution is 6.02. The zero-order valence-corrected chi connectivity index (χ0v) is 19.6. The molecule has 3 aromatic carbocycles. The van der Waals surface area contributed by atoms with E-state index >= 15 is 0 Å². The Labute approximate surface area is 203 Å². The van der Waals surface area contributed by atoms with Gasteiger partial charge in [0.2, 0.25) is 11.8 Å². The zero-order chi connectivity index (χ0) is 24.8. The van der Waals surface area contributed by atoms with Crippen molar-refractivity contribution in [2.24, 2.45) is 5.92 Å². The summed E-state index contributed by atoms with van der Waals surface area (Å²) in [7, 11) is 3.06. The maximum atomic E-state index is 13.2. The summed E-state index contributed by atoms with van der Waals surface area (Å²) in [6.07, 6.45) is 0.0436. The van der Waals surface area contributed by atoms with E-state index in [1.165, 1.54) is 14.2 Å². The third-order valence-corrected chi connectivity index (χ3v) is 5.90. The van der Waals surface area contributed by atoms with Crippen LogP contribution < -0.4 is 25.0 Å². The molecule has 4 rings (SSSR count). The van der Waals surface area contributed by atoms with Gasteiger partial charge in [-0.2, -0.15) is 0 Å². The highest BCUT2D eigenvalue weighted by atomic mass is 16.5. The first-order valence-electron chi connectivity index (χ1n) is 11.2. The number of para-hydroxylation sites is 1. The van der Waals surface area contributed by atoms with Crippen molar-refractivity contribution in [3.05, 3.63) is 84.4 Å². The summed E-state index contributed by atoms with van der Waals surface area (Å²) >= 11 is 0. The monoisotopic (exact) mass is 473 g/mol. The predicted octanol–water partition coefficient (Wildman–Crippen LogP) is 3.55. The van der Waals surface area contributed by atoms with Crippen molar-refractivity contribution < 1.29 is 23.9 Å². The molecule has 8 nitrogen and oxygen atoms in total. The fraction of sp³-hybridized carbons (Fsp3) is 0.222. The predicted molar refractivity (Wildman–Crippen MR) is 132 cm³/mol. The number of hydrogen-bond donors (Lipinski definition) is 2. The normalized spacial score (nSPS) is 15.9. The van der Waals surface area contributed by atoms with Gasteiger partial charge >= 0.3 is 0 Å². The Morgan fingerprint density at radius 1 is 0.914 bits per heavy atom. The van der Waals surface area contributed by atoms with Crippen molar-refractivity contribution >= 4 is 29.1 Å². The Bertz CT molecular complexity index is 1200. The van der Waals surface area contributed by atoms with Gasteiger partial charge in [-0.1, -0.05) is 48.5 Å². The van der Waals surface area contributed by atoms with Crippen molar-refractivity contribution in [1.82, 2.24) is 5.32 Å². The molecule has 8 heteroatoms. The number of benzene rings is 3. The van der Waals surface area contributed by atoms with Crippen LogP contribution in [-0.4, -0.2) is 38.5 Å². The molecule has 1 saturated heterocycles. The standard InChI is InChI=1S/C27H27N3O5/c1-34-22-14-13-21(16-23(22)35-2)30-17-19(15-24(30)31)26(32)29-25(18-9-5-3-6-10-18)27(33)28-20-11-7-4-8-12-20/h3-14,16,19,25H,15,17H2,1-2H3,(H,28,33)(H,29,32). The molecule has 0 aliphatic carbocycles. The third kappa shape index (κ3) is 5.43.